The SMILES string of the molecule is Cc1ccccc1-n1cnnc1SCC(=O)N1CCC[C@@H](c2nc3ccccc3s2)C1. The fraction of sp³-hybridized carbons (Fsp3) is 0.304. The van der Waals surface area contributed by atoms with Crippen LogP contribution in [-0.4, -0.2) is 49.4 Å². The second kappa shape index (κ2) is 8.80. The Balaban J connectivity index is 1.25. The fourth-order valence-electron chi connectivity index (χ4n) is 4.01. The Bertz CT molecular complexity index is 1180. The molecule has 0 spiro atoms. The van der Waals surface area contributed by atoms with Gasteiger partial charge in [0.05, 0.1) is 26.7 Å². The number of thiazole rings is 1. The summed E-state index contributed by atoms with van der Waals surface area (Å²) in [6.45, 7) is 3.61. The summed E-state index contributed by atoms with van der Waals surface area (Å²) >= 11 is 3.20. The third-order valence-electron chi connectivity index (χ3n) is 5.65. The van der Waals surface area contributed by atoms with E-state index >= 15 is 0 Å². The number of amides is 1. The molecule has 1 fully saturated rings. The number of benzene rings is 2. The Hall–Kier alpha value is -2.71. The molecule has 2 aromatic carbocycles. The van der Waals surface area contributed by atoms with E-state index in [0.717, 1.165) is 52.9 Å². The van der Waals surface area contributed by atoms with Gasteiger partial charge in [0, 0.05) is 19.0 Å². The minimum absolute atomic E-state index is 0.148. The van der Waals surface area contributed by atoms with E-state index in [1.54, 1.807) is 17.7 Å². The molecule has 8 heteroatoms. The zero-order valence-corrected chi connectivity index (χ0v) is 18.9. The highest BCUT2D eigenvalue weighted by Gasteiger charge is 2.27. The molecule has 1 saturated heterocycles. The summed E-state index contributed by atoms with van der Waals surface area (Å²) in [5, 5.41) is 10.2. The smallest absolute Gasteiger partial charge is 0.233 e. The minimum Gasteiger partial charge on any atom is -0.341 e. The molecule has 0 N–H and O–H groups in total. The Labute approximate surface area is 189 Å². The molecule has 158 valence electrons. The zero-order chi connectivity index (χ0) is 21.2. The van der Waals surface area contributed by atoms with E-state index in [0.29, 0.717) is 11.7 Å². The van der Waals surface area contributed by atoms with Crippen LogP contribution in [0.5, 0.6) is 0 Å². The maximum absolute atomic E-state index is 13.0. The van der Waals surface area contributed by atoms with E-state index in [2.05, 4.69) is 35.3 Å². The third-order valence-corrected chi connectivity index (χ3v) is 7.78. The van der Waals surface area contributed by atoms with E-state index in [1.165, 1.54) is 16.5 Å². The van der Waals surface area contributed by atoms with Crippen molar-refractivity contribution in [2.75, 3.05) is 18.8 Å². The van der Waals surface area contributed by atoms with Crippen molar-refractivity contribution in [3.63, 3.8) is 0 Å². The molecule has 3 heterocycles. The molecular weight excluding hydrogens is 426 g/mol. The summed E-state index contributed by atoms with van der Waals surface area (Å²) in [4.78, 5) is 19.8. The lowest BCUT2D eigenvalue weighted by Crippen LogP contribution is -2.40. The van der Waals surface area contributed by atoms with Gasteiger partial charge in [-0.05, 0) is 43.5 Å². The quantitative estimate of drug-likeness (QED) is 0.414. The first-order valence-corrected chi connectivity index (χ1v) is 12.2. The summed E-state index contributed by atoms with van der Waals surface area (Å²) in [5.74, 6) is 0.822. The molecule has 1 aliphatic heterocycles. The number of nitrogens with zero attached hydrogens (tertiary/aromatic N) is 5. The number of aromatic nitrogens is 4. The average molecular weight is 450 g/mol. The van der Waals surface area contributed by atoms with Crippen LogP contribution in [0.1, 0.15) is 29.3 Å². The average Bonchev–Trinajstić information content (AvgIpc) is 3.45. The van der Waals surface area contributed by atoms with Crippen molar-refractivity contribution >= 4 is 39.2 Å². The number of thioether (sulfide) groups is 1. The molecule has 0 bridgehead atoms. The Kier molecular flexibility index (Phi) is 5.74. The number of hydrogen-bond donors (Lipinski definition) is 0. The van der Waals surface area contributed by atoms with Gasteiger partial charge in [-0.25, -0.2) is 4.98 Å². The van der Waals surface area contributed by atoms with Gasteiger partial charge in [-0.3, -0.25) is 9.36 Å². The monoisotopic (exact) mass is 449 g/mol. The molecule has 0 aliphatic carbocycles. The van der Waals surface area contributed by atoms with E-state index in [9.17, 15) is 4.79 Å². The summed E-state index contributed by atoms with van der Waals surface area (Å²) in [5.41, 5.74) is 3.23. The molecule has 1 aliphatic rings. The van der Waals surface area contributed by atoms with E-state index in [4.69, 9.17) is 4.98 Å². The fourth-order valence-corrected chi connectivity index (χ4v) is 5.93. The van der Waals surface area contributed by atoms with Gasteiger partial charge in [-0.2, -0.15) is 0 Å². The van der Waals surface area contributed by atoms with Gasteiger partial charge in [0.2, 0.25) is 5.91 Å². The van der Waals surface area contributed by atoms with Gasteiger partial charge in [0.1, 0.15) is 6.33 Å². The number of likely N-dealkylation sites (tertiary alicyclic amines) is 1. The highest BCUT2D eigenvalue weighted by molar-refractivity contribution is 7.99. The van der Waals surface area contributed by atoms with Crippen molar-refractivity contribution in [3.05, 3.63) is 65.4 Å². The standard InChI is InChI=1S/C23H23N5OS2/c1-16-7-2-4-10-19(16)28-15-24-26-23(28)30-14-21(29)27-12-6-8-17(13-27)22-25-18-9-3-5-11-20(18)31-22/h2-5,7,9-11,15,17H,6,8,12-14H2,1H3/t17-/m1/s1. The van der Waals surface area contributed by atoms with Crippen LogP contribution in [0.25, 0.3) is 15.9 Å². The van der Waals surface area contributed by atoms with Crippen LogP contribution in [0.15, 0.2) is 60.0 Å². The molecule has 1 amide bonds. The first-order valence-electron chi connectivity index (χ1n) is 10.4. The number of carbonyl (C=O) groups excluding carboxylic acids is 1. The number of carbonyl (C=O) groups is 1. The number of hydrogen-bond acceptors (Lipinski definition) is 6. The number of para-hydroxylation sites is 2. The van der Waals surface area contributed by atoms with Crippen LogP contribution in [-0.2, 0) is 4.79 Å². The molecule has 2 aromatic heterocycles. The van der Waals surface area contributed by atoms with Gasteiger partial charge in [-0.1, -0.05) is 42.1 Å². The van der Waals surface area contributed by atoms with Crippen LogP contribution >= 0.6 is 23.1 Å². The van der Waals surface area contributed by atoms with Crippen LogP contribution in [0.3, 0.4) is 0 Å². The molecule has 0 saturated carbocycles. The lowest BCUT2D eigenvalue weighted by Gasteiger charge is -2.31. The van der Waals surface area contributed by atoms with Crippen molar-refractivity contribution in [2.45, 2.75) is 30.8 Å². The maximum Gasteiger partial charge on any atom is 0.233 e. The first-order chi connectivity index (χ1) is 15.2. The molecular formula is C23H23N5OS2. The Morgan fingerprint density at radius 3 is 2.90 bits per heavy atom. The van der Waals surface area contributed by atoms with Crippen molar-refractivity contribution in [1.29, 1.82) is 0 Å². The number of fused-ring (bicyclic) bond motifs is 1. The van der Waals surface area contributed by atoms with E-state index in [1.807, 2.05) is 39.8 Å². The van der Waals surface area contributed by atoms with Crippen molar-refractivity contribution in [2.24, 2.45) is 0 Å². The highest BCUT2D eigenvalue weighted by Crippen LogP contribution is 2.33. The number of rotatable bonds is 5. The highest BCUT2D eigenvalue weighted by atomic mass is 32.2. The molecule has 5 rings (SSSR count). The molecule has 6 nitrogen and oxygen atoms in total. The second-order valence-electron chi connectivity index (χ2n) is 7.76. The predicted molar refractivity (Wildman–Crippen MR) is 125 cm³/mol. The van der Waals surface area contributed by atoms with Crippen LogP contribution in [0.4, 0.5) is 0 Å². The second-order valence-corrected chi connectivity index (χ2v) is 9.76. The zero-order valence-electron chi connectivity index (χ0n) is 17.3. The predicted octanol–water partition coefficient (Wildman–Crippen LogP) is 4.68. The normalized spacial score (nSPS) is 16.7. The van der Waals surface area contributed by atoms with Crippen molar-refractivity contribution in [3.8, 4) is 5.69 Å². The van der Waals surface area contributed by atoms with Gasteiger partial charge >= 0.3 is 0 Å². The van der Waals surface area contributed by atoms with Gasteiger partial charge < -0.3 is 4.90 Å². The van der Waals surface area contributed by atoms with E-state index in [-0.39, 0.29) is 5.91 Å². The van der Waals surface area contributed by atoms with Crippen LogP contribution in [0.2, 0.25) is 0 Å². The van der Waals surface area contributed by atoms with Gasteiger partial charge in [0.25, 0.3) is 0 Å². The first kappa shape index (κ1) is 20.2. The Morgan fingerprint density at radius 1 is 1.19 bits per heavy atom. The van der Waals surface area contributed by atoms with E-state index < -0.39 is 0 Å². The number of aryl methyl sites for hydroxylation is 1. The van der Waals surface area contributed by atoms with Crippen LogP contribution < -0.4 is 0 Å². The minimum atomic E-state index is 0.148. The summed E-state index contributed by atoms with van der Waals surface area (Å²) in [6.07, 6.45) is 3.80. The van der Waals surface area contributed by atoms with Gasteiger partial charge in [-0.15, -0.1) is 21.5 Å². The van der Waals surface area contributed by atoms with Crippen LogP contribution in [0, 0.1) is 6.92 Å². The van der Waals surface area contributed by atoms with Crippen molar-refractivity contribution in [1.82, 2.24) is 24.6 Å². The molecule has 0 unspecified atom stereocenters. The molecule has 31 heavy (non-hydrogen) atoms. The lowest BCUT2D eigenvalue weighted by molar-refractivity contribution is -0.129. The maximum atomic E-state index is 13.0. The van der Waals surface area contributed by atoms with Crippen molar-refractivity contribution < 1.29 is 4.79 Å². The summed E-state index contributed by atoms with van der Waals surface area (Å²) in [6, 6.07) is 16.4. The largest absolute Gasteiger partial charge is 0.341 e. The Morgan fingerprint density at radius 2 is 2.03 bits per heavy atom. The van der Waals surface area contributed by atoms with Gasteiger partial charge in [0.15, 0.2) is 5.16 Å². The lowest BCUT2D eigenvalue weighted by atomic mass is 9.99. The summed E-state index contributed by atoms with van der Waals surface area (Å²) in [7, 11) is 0. The molecule has 0 radical (unpaired) electrons. The third kappa shape index (κ3) is 4.22. The molecule has 4 aromatic rings. The topological polar surface area (TPSA) is 63.9 Å². The number of piperidine rings is 1. The molecule has 1 atom stereocenters. The summed E-state index contributed by atoms with van der Waals surface area (Å²) < 4.78 is 3.17.